The van der Waals surface area contributed by atoms with Crippen molar-refractivity contribution in [3.8, 4) is 0 Å². The summed E-state index contributed by atoms with van der Waals surface area (Å²) in [5.74, 6) is 0.684. The molecule has 1 amide bonds. The number of carbonyl (C=O) groups excluding carboxylic acids is 1. The summed E-state index contributed by atoms with van der Waals surface area (Å²) < 4.78 is 0. The summed E-state index contributed by atoms with van der Waals surface area (Å²) in [4.78, 5) is 13.3. The predicted molar refractivity (Wildman–Crippen MR) is 98.2 cm³/mol. The van der Waals surface area contributed by atoms with Gasteiger partial charge < -0.3 is 10.4 Å². The van der Waals surface area contributed by atoms with Gasteiger partial charge in [0.05, 0.1) is 11.7 Å². The van der Waals surface area contributed by atoms with Crippen molar-refractivity contribution >= 4 is 29.0 Å². The Balaban J connectivity index is 1.97. The number of aliphatic hydroxyl groups excluding tert-OH is 1. The Morgan fingerprint density at radius 2 is 2.13 bits per heavy atom. The Hall–Kier alpha value is -1.56. The van der Waals surface area contributed by atoms with E-state index in [-0.39, 0.29) is 12.5 Å². The van der Waals surface area contributed by atoms with E-state index in [4.69, 9.17) is 0 Å². The summed E-state index contributed by atoms with van der Waals surface area (Å²) in [7, 11) is 0. The second-order valence-corrected chi connectivity index (χ2v) is 7.21. The summed E-state index contributed by atoms with van der Waals surface area (Å²) in [6.07, 6.45) is 1.47. The zero-order valence-corrected chi connectivity index (χ0v) is 14.9. The normalized spacial score (nSPS) is 11.8. The number of thiophene rings is 1. The molecule has 0 spiro atoms. The van der Waals surface area contributed by atoms with Gasteiger partial charge in [0.2, 0.25) is 0 Å². The zero-order valence-electron chi connectivity index (χ0n) is 13.3. The summed E-state index contributed by atoms with van der Waals surface area (Å²) in [6, 6.07) is 9.42. The number of benzene rings is 1. The van der Waals surface area contributed by atoms with Crippen LogP contribution < -0.4 is 5.32 Å². The highest BCUT2D eigenvalue weighted by Gasteiger charge is 2.14. The van der Waals surface area contributed by atoms with Gasteiger partial charge in [0.1, 0.15) is 0 Å². The smallest absolute Gasteiger partial charge is 0.252 e. The first-order valence-electron chi connectivity index (χ1n) is 7.41. The van der Waals surface area contributed by atoms with Gasteiger partial charge in [-0.1, -0.05) is 23.8 Å². The van der Waals surface area contributed by atoms with E-state index in [0.29, 0.717) is 5.56 Å². The first kappa shape index (κ1) is 17.8. The van der Waals surface area contributed by atoms with Gasteiger partial charge in [-0.15, -0.1) is 11.8 Å². The van der Waals surface area contributed by atoms with Crippen molar-refractivity contribution in [2.45, 2.75) is 24.8 Å². The van der Waals surface area contributed by atoms with Gasteiger partial charge in [0.25, 0.3) is 5.91 Å². The fourth-order valence-corrected chi connectivity index (χ4v) is 3.74. The SMILES string of the molecule is CC(C)=CCSc1ccccc1C(=O)NCC(O)c1ccsc1. The molecule has 1 heterocycles. The summed E-state index contributed by atoms with van der Waals surface area (Å²) in [5.41, 5.74) is 2.75. The molecule has 1 aromatic carbocycles. The van der Waals surface area contributed by atoms with Crippen LogP contribution in [0.4, 0.5) is 0 Å². The molecule has 2 rings (SSSR count). The van der Waals surface area contributed by atoms with E-state index in [9.17, 15) is 9.90 Å². The lowest BCUT2D eigenvalue weighted by Gasteiger charge is -2.12. The van der Waals surface area contributed by atoms with Gasteiger partial charge in [-0.2, -0.15) is 11.3 Å². The third-order valence-corrected chi connectivity index (χ3v) is 4.95. The van der Waals surface area contributed by atoms with E-state index >= 15 is 0 Å². The zero-order chi connectivity index (χ0) is 16.7. The maximum absolute atomic E-state index is 12.4. The van der Waals surface area contributed by atoms with Crippen molar-refractivity contribution in [3.63, 3.8) is 0 Å². The summed E-state index contributed by atoms with van der Waals surface area (Å²) in [5, 5.41) is 16.7. The monoisotopic (exact) mass is 347 g/mol. The van der Waals surface area contributed by atoms with Crippen molar-refractivity contribution < 1.29 is 9.90 Å². The molecule has 0 radical (unpaired) electrons. The third kappa shape index (κ3) is 5.53. The Morgan fingerprint density at radius 3 is 2.83 bits per heavy atom. The van der Waals surface area contributed by atoms with Crippen LogP contribution in [0.5, 0.6) is 0 Å². The maximum atomic E-state index is 12.4. The van der Waals surface area contributed by atoms with E-state index in [1.165, 1.54) is 16.9 Å². The number of amides is 1. The van der Waals surface area contributed by atoms with Crippen LogP contribution in [0.2, 0.25) is 0 Å². The Kier molecular flexibility index (Phi) is 6.89. The highest BCUT2D eigenvalue weighted by Crippen LogP contribution is 2.23. The first-order valence-corrected chi connectivity index (χ1v) is 9.34. The van der Waals surface area contributed by atoms with Crippen LogP contribution in [-0.4, -0.2) is 23.3 Å². The number of hydrogen-bond donors (Lipinski definition) is 2. The molecular weight excluding hydrogens is 326 g/mol. The summed E-state index contributed by atoms with van der Waals surface area (Å²) >= 11 is 3.17. The van der Waals surface area contributed by atoms with Crippen LogP contribution in [0, 0.1) is 0 Å². The van der Waals surface area contributed by atoms with Crippen LogP contribution in [0.1, 0.15) is 35.9 Å². The van der Waals surface area contributed by atoms with Crippen molar-refractivity contribution in [1.82, 2.24) is 5.32 Å². The molecular formula is C18H21NO2S2. The van der Waals surface area contributed by atoms with E-state index in [0.717, 1.165) is 16.2 Å². The second-order valence-electron chi connectivity index (χ2n) is 5.37. The highest BCUT2D eigenvalue weighted by molar-refractivity contribution is 7.99. The molecule has 23 heavy (non-hydrogen) atoms. The molecule has 0 bridgehead atoms. The topological polar surface area (TPSA) is 49.3 Å². The third-order valence-electron chi connectivity index (χ3n) is 3.25. The molecule has 1 aromatic heterocycles. The largest absolute Gasteiger partial charge is 0.387 e. The lowest BCUT2D eigenvalue weighted by Crippen LogP contribution is -2.28. The molecule has 1 unspecified atom stereocenters. The quantitative estimate of drug-likeness (QED) is 0.581. The molecule has 1 atom stereocenters. The van der Waals surface area contributed by atoms with Gasteiger partial charge in [0.15, 0.2) is 0 Å². The molecule has 0 fully saturated rings. The van der Waals surface area contributed by atoms with Gasteiger partial charge in [0, 0.05) is 17.2 Å². The van der Waals surface area contributed by atoms with Gasteiger partial charge in [-0.3, -0.25) is 4.79 Å². The minimum absolute atomic E-state index is 0.153. The molecule has 3 nitrogen and oxygen atoms in total. The van der Waals surface area contributed by atoms with Crippen LogP contribution in [0.15, 0.2) is 57.6 Å². The number of hydrogen-bond acceptors (Lipinski definition) is 4. The van der Waals surface area contributed by atoms with Crippen LogP contribution in [0.25, 0.3) is 0 Å². The first-order chi connectivity index (χ1) is 11.1. The number of thioether (sulfide) groups is 1. The van der Waals surface area contributed by atoms with Crippen molar-refractivity contribution in [3.05, 3.63) is 63.9 Å². The molecule has 0 aliphatic rings. The fraction of sp³-hybridized carbons (Fsp3) is 0.278. The average Bonchev–Trinajstić information content (AvgIpc) is 3.07. The molecule has 0 saturated carbocycles. The average molecular weight is 348 g/mol. The van der Waals surface area contributed by atoms with E-state index < -0.39 is 6.10 Å². The Bertz CT molecular complexity index is 661. The fourth-order valence-electron chi connectivity index (χ4n) is 1.95. The number of nitrogens with one attached hydrogen (secondary N) is 1. The lowest BCUT2D eigenvalue weighted by molar-refractivity contribution is 0.0913. The number of rotatable bonds is 7. The van der Waals surface area contributed by atoms with Crippen LogP contribution in [-0.2, 0) is 0 Å². The summed E-state index contributed by atoms with van der Waals surface area (Å²) in [6.45, 7) is 4.33. The lowest BCUT2D eigenvalue weighted by atomic mass is 10.2. The van der Waals surface area contributed by atoms with Gasteiger partial charge in [-0.25, -0.2) is 0 Å². The minimum atomic E-state index is -0.671. The van der Waals surface area contributed by atoms with Crippen molar-refractivity contribution in [2.24, 2.45) is 0 Å². The molecule has 2 aromatic rings. The molecule has 2 N–H and O–H groups in total. The minimum Gasteiger partial charge on any atom is -0.387 e. The van der Waals surface area contributed by atoms with E-state index in [1.807, 2.05) is 41.1 Å². The standard InChI is InChI=1S/C18H21NO2S2/c1-13(2)7-10-23-17-6-4-3-5-15(17)18(21)19-11-16(20)14-8-9-22-12-14/h3-9,12,16,20H,10-11H2,1-2H3,(H,19,21). The van der Waals surface area contributed by atoms with Crippen LogP contribution in [0.3, 0.4) is 0 Å². The number of aliphatic hydroxyl groups is 1. The molecule has 0 aliphatic heterocycles. The van der Waals surface area contributed by atoms with Crippen molar-refractivity contribution in [2.75, 3.05) is 12.3 Å². The number of carbonyl (C=O) groups is 1. The maximum Gasteiger partial charge on any atom is 0.252 e. The van der Waals surface area contributed by atoms with Gasteiger partial charge in [-0.05, 0) is 48.4 Å². The Morgan fingerprint density at radius 1 is 1.35 bits per heavy atom. The van der Waals surface area contributed by atoms with Gasteiger partial charge >= 0.3 is 0 Å². The number of allylic oxidation sites excluding steroid dienone is 1. The predicted octanol–water partition coefficient (Wildman–Crippen LogP) is 4.27. The highest BCUT2D eigenvalue weighted by atomic mass is 32.2. The van der Waals surface area contributed by atoms with E-state index in [2.05, 4.69) is 25.2 Å². The second kappa shape index (κ2) is 8.91. The van der Waals surface area contributed by atoms with Crippen molar-refractivity contribution in [1.29, 1.82) is 0 Å². The van der Waals surface area contributed by atoms with Crippen LogP contribution >= 0.6 is 23.1 Å². The Labute approximate surface area is 145 Å². The molecule has 122 valence electrons. The molecule has 5 heteroatoms. The van der Waals surface area contributed by atoms with E-state index in [1.54, 1.807) is 11.8 Å². The molecule has 0 aliphatic carbocycles. The molecule has 0 saturated heterocycles.